The molecule has 1 aliphatic rings. The molecule has 1 fully saturated rings. The van der Waals surface area contributed by atoms with E-state index >= 15 is 0 Å². The minimum Gasteiger partial charge on any atom is -0.497 e. The van der Waals surface area contributed by atoms with Crippen LogP contribution in [-0.2, 0) is 4.79 Å². The summed E-state index contributed by atoms with van der Waals surface area (Å²) in [5, 5.41) is 4.05. The zero-order valence-electron chi connectivity index (χ0n) is 14.6. The number of nitrogens with one attached hydrogen (secondary N) is 2. The molecule has 0 saturated carbocycles. The summed E-state index contributed by atoms with van der Waals surface area (Å²) in [4.78, 5) is 13.4. The summed E-state index contributed by atoms with van der Waals surface area (Å²) in [6.07, 6.45) is 7.89. The van der Waals surface area contributed by atoms with Gasteiger partial charge in [0.05, 0.1) is 33.5 Å². The van der Waals surface area contributed by atoms with Crippen LogP contribution in [0.25, 0.3) is 0 Å². The Morgan fingerprint density at radius 2 is 1.88 bits per heavy atom. The highest BCUT2D eigenvalue weighted by Gasteiger charge is 2.15. The number of hydrogen-bond donors (Lipinski definition) is 2. The summed E-state index contributed by atoms with van der Waals surface area (Å²) in [6, 6.07) is 5.46. The Bertz CT molecular complexity index is 552. The van der Waals surface area contributed by atoms with Crippen LogP contribution < -0.4 is 19.8 Å². The van der Waals surface area contributed by atoms with E-state index in [9.17, 15) is 4.79 Å². The van der Waals surface area contributed by atoms with Gasteiger partial charge in [-0.15, -0.1) is 0 Å². The van der Waals surface area contributed by atoms with Gasteiger partial charge in [-0.25, -0.2) is 5.43 Å². The van der Waals surface area contributed by atoms with Crippen LogP contribution in [0.2, 0.25) is 0 Å². The summed E-state index contributed by atoms with van der Waals surface area (Å²) < 4.78 is 10.5. The molecule has 0 aliphatic carbocycles. The maximum Gasteiger partial charge on any atom is 0.295 e. The third-order valence-electron chi connectivity index (χ3n) is 4.30. The number of amides is 1. The first kappa shape index (κ1) is 18.3. The Morgan fingerprint density at radius 3 is 2.54 bits per heavy atom. The van der Waals surface area contributed by atoms with Gasteiger partial charge in [-0.3, -0.25) is 4.79 Å². The van der Waals surface area contributed by atoms with Crippen LogP contribution in [-0.4, -0.2) is 46.0 Å². The maximum atomic E-state index is 12.1. The lowest BCUT2D eigenvalue weighted by Crippen LogP contribution is -3.13. The summed E-state index contributed by atoms with van der Waals surface area (Å²) in [7, 11) is 3.20. The molecule has 6 heteroatoms. The number of rotatable bonds is 6. The minimum absolute atomic E-state index is 0.0469. The summed E-state index contributed by atoms with van der Waals surface area (Å²) >= 11 is 0. The Kier molecular flexibility index (Phi) is 7.55. The van der Waals surface area contributed by atoms with Crippen LogP contribution in [0.5, 0.6) is 11.5 Å². The van der Waals surface area contributed by atoms with E-state index in [0.29, 0.717) is 18.0 Å². The van der Waals surface area contributed by atoms with Crippen LogP contribution in [0.3, 0.4) is 0 Å². The van der Waals surface area contributed by atoms with E-state index < -0.39 is 0 Å². The molecule has 1 heterocycles. The summed E-state index contributed by atoms with van der Waals surface area (Å²) in [5.41, 5.74) is 3.41. The predicted molar refractivity (Wildman–Crippen MR) is 93.9 cm³/mol. The number of hydrogen-bond acceptors (Lipinski definition) is 4. The van der Waals surface area contributed by atoms with E-state index in [-0.39, 0.29) is 5.91 Å². The summed E-state index contributed by atoms with van der Waals surface area (Å²) in [6.45, 7) is 2.63. The number of hydrazone groups is 1. The molecule has 2 N–H and O–H groups in total. The molecule has 1 aromatic carbocycles. The first-order valence-electron chi connectivity index (χ1n) is 8.60. The smallest absolute Gasteiger partial charge is 0.295 e. The van der Waals surface area contributed by atoms with Gasteiger partial charge in [-0.05, 0) is 37.8 Å². The van der Waals surface area contributed by atoms with Gasteiger partial charge in [0.2, 0.25) is 0 Å². The Hall–Kier alpha value is -2.08. The average molecular weight is 334 g/mol. The van der Waals surface area contributed by atoms with Crippen molar-refractivity contribution in [3.05, 3.63) is 23.8 Å². The normalized spacial score (nSPS) is 16.4. The molecule has 0 radical (unpaired) electrons. The molecule has 0 aromatic heterocycles. The molecule has 0 spiro atoms. The van der Waals surface area contributed by atoms with Gasteiger partial charge < -0.3 is 14.4 Å². The lowest BCUT2D eigenvalue weighted by atomic mass is 10.1. The number of benzene rings is 1. The highest BCUT2D eigenvalue weighted by Crippen LogP contribution is 2.22. The monoisotopic (exact) mass is 334 g/mol. The van der Waals surface area contributed by atoms with Crippen LogP contribution >= 0.6 is 0 Å². The van der Waals surface area contributed by atoms with Crippen molar-refractivity contribution in [2.24, 2.45) is 5.10 Å². The van der Waals surface area contributed by atoms with Crippen LogP contribution in [0.15, 0.2) is 23.3 Å². The SMILES string of the molecule is COc1ccc(/C=N\NC(=O)C[NH+]2CCCCCCC2)c(OC)c1. The topological polar surface area (TPSA) is 64.4 Å². The lowest BCUT2D eigenvalue weighted by Gasteiger charge is -2.20. The molecule has 1 aliphatic heterocycles. The number of likely N-dealkylation sites (tertiary alicyclic amines) is 1. The van der Waals surface area contributed by atoms with Gasteiger partial charge in [0.15, 0.2) is 6.54 Å². The number of nitrogens with zero attached hydrogens (tertiary/aromatic N) is 1. The lowest BCUT2D eigenvalue weighted by molar-refractivity contribution is -0.893. The second-order valence-electron chi connectivity index (χ2n) is 6.10. The van der Waals surface area contributed by atoms with Gasteiger partial charge in [0, 0.05) is 11.6 Å². The first-order valence-corrected chi connectivity index (χ1v) is 8.60. The highest BCUT2D eigenvalue weighted by molar-refractivity contribution is 5.85. The Balaban J connectivity index is 1.85. The molecule has 2 rings (SSSR count). The molecule has 1 amide bonds. The van der Waals surface area contributed by atoms with Gasteiger partial charge in [0.1, 0.15) is 11.5 Å². The van der Waals surface area contributed by atoms with Crippen molar-refractivity contribution in [3.8, 4) is 11.5 Å². The van der Waals surface area contributed by atoms with Crippen molar-refractivity contribution >= 4 is 12.1 Å². The van der Waals surface area contributed by atoms with Crippen molar-refractivity contribution in [1.82, 2.24) is 5.43 Å². The third kappa shape index (κ3) is 5.85. The van der Waals surface area contributed by atoms with Crippen LogP contribution in [0.4, 0.5) is 0 Å². The van der Waals surface area contributed by atoms with E-state index in [1.165, 1.54) is 37.0 Å². The molecule has 0 unspecified atom stereocenters. The molecule has 24 heavy (non-hydrogen) atoms. The molecule has 6 nitrogen and oxygen atoms in total. The van der Waals surface area contributed by atoms with E-state index in [0.717, 1.165) is 18.7 Å². The second kappa shape index (κ2) is 9.93. The van der Waals surface area contributed by atoms with Gasteiger partial charge in [0.25, 0.3) is 5.91 Å². The zero-order chi connectivity index (χ0) is 17.2. The van der Waals surface area contributed by atoms with Crippen molar-refractivity contribution in [2.75, 3.05) is 33.9 Å². The van der Waals surface area contributed by atoms with Crippen molar-refractivity contribution in [3.63, 3.8) is 0 Å². The average Bonchev–Trinajstić information content (AvgIpc) is 2.57. The fraction of sp³-hybridized carbons (Fsp3) is 0.556. The van der Waals surface area contributed by atoms with Crippen LogP contribution in [0, 0.1) is 0 Å². The van der Waals surface area contributed by atoms with Gasteiger partial charge >= 0.3 is 0 Å². The molecular weight excluding hydrogens is 306 g/mol. The minimum atomic E-state index is -0.0469. The number of quaternary nitrogens is 1. The van der Waals surface area contributed by atoms with Gasteiger partial charge in [-0.2, -0.15) is 5.10 Å². The fourth-order valence-electron chi connectivity index (χ4n) is 2.95. The van der Waals surface area contributed by atoms with E-state index in [4.69, 9.17) is 9.47 Å². The molecule has 0 atom stereocenters. The van der Waals surface area contributed by atoms with Crippen molar-refractivity contribution in [2.45, 2.75) is 32.1 Å². The fourth-order valence-corrected chi connectivity index (χ4v) is 2.95. The van der Waals surface area contributed by atoms with Gasteiger partial charge in [-0.1, -0.05) is 6.42 Å². The highest BCUT2D eigenvalue weighted by atomic mass is 16.5. The number of methoxy groups -OCH3 is 2. The molecule has 0 bridgehead atoms. The molecular formula is C18H28N3O3+. The number of ether oxygens (including phenoxy) is 2. The quantitative estimate of drug-likeness (QED) is 0.603. The first-order chi connectivity index (χ1) is 11.7. The summed E-state index contributed by atoms with van der Waals surface area (Å²) in [5.74, 6) is 1.32. The van der Waals surface area contributed by atoms with Crippen molar-refractivity contribution in [1.29, 1.82) is 0 Å². The van der Waals surface area contributed by atoms with Crippen LogP contribution in [0.1, 0.15) is 37.7 Å². The van der Waals surface area contributed by atoms with E-state index in [1.54, 1.807) is 26.5 Å². The Labute approximate surface area is 143 Å². The predicted octanol–water partition coefficient (Wildman–Crippen LogP) is 1.00. The Morgan fingerprint density at radius 1 is 1.17 bits per heavy atom. The molecule has 132 valence electrons. The largest absolute Gasteiger partial charge is 0.497 e. The second-order valence-corrected chi connectivity index (χ2v) is 6.10. The number of carbonyl (C=O) groups is 1. The van der Waals surface area contributed by atoms with Crippen molar-refractivity contribution < 1.29 is 19.2 Å². The van der Waals surface area contributed by atoms with E-state index in [1.807, 2.05) is 12.1 Å². The van der Waals surface area contributed by atoms with E-state index in [2.05, 4.69) is 10.5 Å². The maximum absolute atomic E-state index is 12.1. The molecule has 1 saturated heterocycles. The standard InChI is InChI=1S/C18H27N3O3/c1-23-16-9-8-15(17(12-16)24-2)13-19-20-18(22)14-21-10-6-4-3-5-7-11-21/h8-9,12-13H,3-7,10-11,14H2,1-2H3,(H,20,22)/p+1/b19-13-. The zero-order valence-corrected chi connectivity index (χ0v) is 14.6. The molecule has 1 aromatic rings. The third-order valence-corrected chi connectivity index (χ3v) is 4.30. The number of carbonyl (C=O) groups excluding carboxylic acids is 1.